The predicted octanol–water partition coefficient (Wildman–Crippen LogP) is 2.87. The van der Waals surface area contributed by atoms with Crippen LogP contribution in [0.15, 0.2) is 47.3 Å². The summed E-state index contributed by atoms with van der Waals surface area (Å²) in [6, 6.07) is 13.5. The first-order valence-corrected chi connectivity index (χ1v) is 10.8. The number of likely N-dealkylation sites (tertiary alicyclic amines) is 1. The molecule has 30 heavy (non-hydrogen) atoms. The topological polar surface area (TPSA) is 67.2 Å². The van der Waals surface area contributed by atoms with E-state index in [9.17, 15) is 9.59 Å². The molecule has 1 fully saturated rings. The SMILES string of the molecule is O=C(NCc1ccccc1CN1CCCC1)c1ccc2c(=O)n3c(nc2c1)CCC3. The Hall–Kier alpha value is -2.99. The fraction of sp³-hybridized carbons (Fsp3) is 0.375. The van der Waals surface area contributed by atoms with Crippen LogP contribution in [-0.4, -0.2) is 33.4 Å². The molecular weight excluding hydrogens is 376 g/mol. The molecule has 0 aliphatic carbocycles. The standard InChI is InChI=1S/C24H26N4O2/c29-23(25-15-18-6-1-2-7-19(18)16-27-11-3-4-12-27)17-9-10-20-21(14-17)26-22-8-5-13-28(22)24(20)30/h1-2,6-7,9-10,14H,3-5,8,11-13,15-16H2,(H,25,29). The Morgan fingerprint density at radius 3 is 2.63 bits per heavy atom. The van der Waals surface area contributed by atoms with E-state index in [2.05, 4.69) is 33.4 Å². The minimum Gasteiger partial charge on any atom is -0.348 e. The van der Waals surface area contributed by atoms with Crippen LogP contribution in [0.5, 0.6) is 0 Å². The number of carbonyl (C=O) groups excluding carboxylic acids is 1. The van der Waals surface area contributed by atoms with Gasteiger partial charge in [-0.1, -0.05) is 24.3 Å². The van der Waals surface area contributed by atoms with Gasteiger partial charge in [0.15, 0.2) is 0 Å². The van der Waals surface area contributed by atoms with Crippen LogP contribution in [0, 0.1) is 0 Å². The van der Waals surface area contributed by atoms with Crippen molar-refractivity contribution in [3.05, 3.63) is 75.3 Å². The number of carbonyl (C=O) groups is 1. The average molecular weight is 402 g/mol. The van der Waals surface area contributed by atoms with Crippen LogP contribution >= 0.6 is 0 Å². The predicted molar refractivity (Wildman–Crippen MR) is 116 cm³/mol. The Bertz CT molecular complexity index is 1160. The molecule has 6 nitrogen and oxygen atoms in total. The number of aromatic nitrogens is 2. The van der Waals surface area contributed by atoms with Gasteiger partial charge in [0.25, 0.3) is 11.5 Å². The summed E-state index contributed by atoms with van der Waals surface area (Å²) < 4.78 is 1.75. The first kappa shape index (κ1) is 19.0. The third-order valence-corrected chi connectivity index (χ3v) is 6.23. The van der Waals surface area contributed by atoms with Crippen molar-refractivity contribution in [2.75, 3.05) is 13.1 Å². The lowest BCUT2D eigenvalue weighted by Gasteiger charge is -2.17. The molecule has 2 aromatic carbocycles. The van der Waals surface area contributed by atoms with Crippen LogP contribution in [0.2, 0.25) is 0 Å². The first-order valence-electron chi connectivity index (χ1n) is 10.8. The summed E-state index contributed by atoms with van der Waals surface area (Å²) in [6.07, 6.45) is 4.29. The van der Waals surface area contributed by atoms with Crippen molar-refractivity contribution < 1.29 is 4.79 Å². The molecule has 0 saturated carbocycles. The van der Waals surface area contributed by atoms with Crippen molar-refractivity contribution in [2.24, 2.45) is 0 Å². The van der Waals surface area contributed by atoms with E-state index < -0.39 is 0 Å². The van der Waals surface area contributed by atoms with E-state index >= 15 is 0 Å². The molecule has 0 bridgehead atoms. The van der Waals surface area contributed by atoms with Gasteiger partial charge in [0.2, 0.25) is 0 Å². The van der Waals surface area contributed by atoms with E-state index in [0.29, 0.717) is 23.0 Å². The van der Waals surface area contributed by atoms with Crippen molar-refractivity contribution in [2.45, 2.75) is 45.3 Å². The van der Waals surface area contributed by atoms with Crippen molar-refractivity contribution in [1.29, 1.82) is 0 Å². The molecule has 5 rings (SSSR count). The molecular formula is C24H26N4O2. The minimum atomic E-state index is -0.143. The molecule has 0 atom stereocenters. The highest BCUT2D eigenvalue weighted by Crippen LogP contribution is 2.18. The summed E-state index contributed by atoms with van der Waals surface area (Å²) in [4.78, 5) is 32.5. The molecule has 6 heteroatoms. The van der Waals surface area contributed by atoms with Crippen molar-refractivity contribution in [1.82, 2.24) is 19.8 Å². The smallest absolute Gasteiger partial charge is 0.261 e. The van der Waals surface area contributed by atoms with Crippen LogP contribution < -0.4 is 10.9 Å². The summed E-state index contributed by atoms with van der Waals surface area (Å²) in [5.41, 5.74) is 3.55. The summed E-state index contributed by atoms with van der Waals surface area (Å²) in [6.45, 7) is 4.45. The van der Waals surface area contributed by atoms with E-state index in [-0.39, 0.29) is 11.5 Å². The van der Waals surface area contributed by atoms with Gasteiger partial charge in [-0.2, -0.15) is 0 Å². The monoisotopic (exact) mass is 402 g/mol. The normalized spacial score (nSPS) is 16.1. The van der Waals surface area contributed by atoms with Gasteiger partial charge in [-0.3, -0.25) is 19.1 Å². The fourth-order valence-corrected chi connectivity index (χ4v) is 4.57. The average Bonchev–Trinajstić information content (AvgIpc) is 3.45. The Morgan fingerprint density at radius 2 is 1.80 bits per heavy atom. The summed E-state index contributed by atoms with van der Waals surface area (Å²) in [7, 11) is 0. The summed E-state index contributed by atoms with van der Waals surface area (Å²) >= 11 is 0. The third kappa shape index (κ3) is 3.63. The maximum atomic E-state index is 12.8. The van der Waals surface area contributed by atoms with E-state index in [1.165, 1.54) is 18.4 Å². The molecule has 0 radical (unpaired) electrons. The van der Waals surface area contributed by atoms with E-state index in [1.807, 2.05) is 6.07 Å². The number of aryl methyl sites for hydroxylation is 1. The zero-order valence-corrected chi connectivity index (χ0v) is 17.1. The molecule has 0 unspecified atom stereocenters. The summed E-state index contributed by atoms with van der Waals surface area (Å²) in [5.74, 6) is 0.677. The minimum absolute atomic E-state index is 0.00435. The number of hydrogen-bond donors (Lipinski definition) is 1. The van der Waals surface area contributed by atoms with Gasteiger partial charge in [0, 0.05) is 31.6 Å². The molecule has 3 heterocycles. The number of nitrogens with one attached hydrogen (secondary N) is 1. The van der Waals surface area contributed by atoms with Gasteiger partial charge in [0.1, 0.15) is 5.82 Å². The Labute approximate surface area is 175 Å². The van der Waals surface area contributed by atoms with E-state index in [1.54, 1.807) is 22.8 Å². The van der Waals surface area contributed by atoms with Gasteiger partial charge >= 0.3 is 0 Å². The molecule has 1 amide bonds. The van der Waals surface area contributed by atoms with Crippen LogP contribution in [0.25, 0.3) is 10.9 Å². The first-order chi connectivity index (χ1) is 14.7. The highest BCUT2D eigenvalue weighted by Gasteiger charge is 2.18. The number of hydrogen-bond acceptors (Lipinski definition) is 4. The second-order valence-electron chi connectivity index (χ2n) is 8.25. The second kappa shape index (κ2) is 8.03. The molecule has 1 aromatic heterocycles. The van der Waals surface area contributed by atoms with Gasteiger partial charge in [0.05, 0.1) is 10.9 Å². The second-order valence-corrected chi connectivity index (χ2v) is 8.25. The number of amides is 1. The maximum absolute atomic E-state index is 12.8. The molecule has 2 aliphatic heterocycles. The molecule has 3 aromatic rings. The quantitative estimate of drug-likeness (QED) is 0.713. The van der Waals surface area contributed by atoms with Gasteiger partial charge in [-0.15, -0.1) is 0 Å². The van der Waals surface area contributed by atoms with Crippen LogP contribution in [0.1, 0.15) is 46.6 Å². The Kier molecular flexibility index (Phi) is 5.09. The highest BCUT2D eigenvalue weighted by atomic mass is 16.1. The Morgan fingerprint density at radius 1 is 1.00 bits per heavy atom. The third-order valence-electron chi connectivity index (χ3n) is 6.23. The fourth-order valence-electron chi connectivity index (χ4n) is 4.57. The van der Waals surface area contributed by atoms with Crippen LogP contribution in [0.4, 0.5) is 0 Å². The highest BCUT2D eigenvalue weighted by molar-refractivity contribution is 5.97. The number of nitrogens with zero attached hydrogens (tertiary/aromatic N) is 3. The number of fused-ring (bicyclic) bond motifs is 2. The van der Waals surface area contributed by atoms with Gasteiger partial charge in [-0.05, 0) is 61.7 Å². The molecule has 1 saturated heterocycles. The largest absolute Gasteiger partial charge is 0.348 e. The van der Waals surface area contributed by atoms with E-state index in [4.69, 9.17) is 0 Å². The summed E-state index contributed by atoms with van der Waals surface area (Å²) in [5, 5.41) is 3.62. The molecule has 0 spiro atoms. The van der Waals surface area contributed by atoms with Crippen LogP contribution in [0.3, 0.4) is 0 Å². The zero-order valence-electron chi connectivity index (χ0n) is 17.1. The van der Waals surface area contributed by atoms with Crippen LogP contribution in [-0.2, 0) is 26.1 Å². The van der Waals surface area contributed by atoms with Crippen molar-refractivity contribution >= 4 is 16.8 Å². The van der Waals surface area contributed by atoms with Crippen molar-refractivity contribution in [3.8, 4) is 0 Å². The molecule has 1 N–H and O–H groups in total. The Balaban J connectivity index is 1.33. The molecule has 2 aliphatic rings. The van der Waals surface area contributed by atoms with Crippen molar-refractivity contribution in [3.63, 3.8) is 0 Å². The maximum Gasteiger partial charge on any atom is 0.261 e. The lowest BCUT2D eigenvalue weighted by atomic mass is 10.1. The zero-order chi connectivity index (χ0) is 20.5. The lowest BCUT2D eigenvalue weighted by Crippen LogP contribution is -2.25. The van der Waals surface area contributed by atoms with Gasteiger partial charge < -0.3 is 5.32 Å². The number of rotatable bonds is 5. The molecule has 154 valence electrons. The lowest BCUT2D eigenvalue weighted by molar-refractivity contribution is 0.0951. The van der Waals surface area contributed by atoms with E-state index in [0.717, 1.165) is 50.4 Å². The number of benzene rings is 2. The van der Waals surface area contributed by atoms with Gasteiger partial charge in [-0.25, -0.2) is 4.98 Å².